The van der Waals surface area contributed by atoms with Crippen molar-refractivity contribution in [2.75, 3.05) is 0 Å². The van der Waals surface area contributed by atoms with Gasteiger partial charge in [0, 0.05) is 17.8 Å². The SMILES string of the molecule is CCc1nn(Cc2cccnc2)c2ccccc12. The summed E-state index contributed by atoms with van der Waals surface area (Å²) in [4.78, 5) is 4.15. The van der Waals surface area contributed by atoms with Gasteiger partial charge in [-0.25, -0.2) is 0 Å². The number of fused-ring (bicyclic) bond motifs is 1. The molecule has 0 spiro atoms. The number of benzene rings is 1. The smallest absolute Gasteiger partial charge is 0.0700 e. The van der Waals surface area contributed by atoms with E-state index in [1.807, 2.05) is 12.3 Å². The minimum atomic E-state index is 0.772. The summed E-state index contributed by atoms with van der Waals surface area (Å²) >= 11 is 0. The van der Waals surface area contributed by atoms with Crippen molar-refractivity contribution in [2.24, 2.45) is 0 Å². The Bertz CT molecular complexity index is 656. The van der Waals surface area contributed by atoms with Crippen LogP contribution in [0.3, 0.4) is 0 Å². The second-order valence-corrected chi connectivity index (χ2v) is 4.34. The van der Waals surface area contributed by atoms with Gasteiger partial charge in [0.25, 0.3) is 0 Å². The van der Waals surface area contributed by atoms with Crippen LogP contribution in [0.15, 0.2) is 48.8 Å². The molecule has 0 radical (unpaired) electrons. The Morgan fingerprint density at radius 2 is 2.00 bits per heavy atom. The number of nitrogens with zero attached hydrogens (tertiary/aromatic N) is 3. The number of pyridine rings is 1. The monoisotopic (exact) mass is 237 g/mol. The van der Waals surface area contributed by atoms with Gasteiger partial charge >= 0.3 is 0 Å². The molecule has 0 saturated carbocycles. The first-order chi connectivity index (χ1) is 8.88. The number of aromatic nitrogens is 3. The second kappa shape index (κ2) is 4.61. The molecule has 2 aromatic heterocycles. The molecule has 3 rings (SSSR count). The Kier molecular flexibility index (Phi) is 2.81. The van der Waals surface area contributed by atoms with E-state index >= 15 is 0 Å². The van der Waals surface area contributed by atoms with E-state index in [1.54, 1.807) is 6.20 Å². The Hall–Kier alpha value is -2.16. The molecule has 0 aliphatic carbocycles. The van der Waals surface area contributed by atoms with Crippen LogP contribution in [0.2, 0.25) is 0 Å². The molecular weight excluding hydrogens is 222 g/mol. The predicted molar refractivity (Wildman–Crippen MR) is 72.5 cm³/mol. The van der Waals surface area contributed by atoms with Crippen LogP contribution in [0.25, 0.3) is 10.9 Å². The van der Waals surface area contributed by atoms with E-state index in [-0.39, 0.29) is 0 Å². The van der Waals surface area contributed by atoms with E-state index in [0.717, 1.165) is 18.7 Å². The zero-order valence-electron chi connectivity index (χ0n) is 10.4. The summed E-state index contributed by atoms with van der Waals surface area (Å²) in [5.74, 6) is 0. The van der Waals surface area contributed by atoms with Gasteiger partial charge in [0.15, 0.2) is 0 Å². The molecule has 3 heteroatoms. The van der Waals surface area contributed by atoms with Crippen molar-refractivity contribution in [3.63, 3.8) is 0 Å². The van der Waals surface area contributed by atoms with Gasteiger partial charge in [-0.05, 0) is 24.1 Å². The molecule has 1 aromatic carbocycles. The molecule has 0 bridgehead atoms. The average molecular weight is 237 g/mol. The van der Waals surface area contributed by atoms with Crippen LogP contribution in [0.1, 0.15) is 18.2 Å². The number of hydrogen-bond acceptors (Lipinski definition) is 2. The van der Waals surface area contributed by atoms with Gasteiger partial charge in [-0.15, -0.1) is 0 Å². The molecule has 0 saturated heterocycles. The highest BCUT2D eigenvalue weighted by molar-refractivity contribution is 5.82. The maximum absolute atomic E-state index is 4.69. The van der Waals surface area contributed by atoms with Crippen molar-refractivity contribution in [3.8, 4) is 0 Å². The summed E-state index contributed by atoms with van der Waals surface area (Å²) < 4.78 is 2.06. The lowest BCUT2D eigenvalue weighted by molar-refractivity contribution is 0.694. The van der Waals surface area contributed by atoms with E-state index in [0.29, 0.717) is 0 Å². The zero-order valence-corrected chi connectivity index (χ0v) is 10.4. The molecule has 18 heavy (non-hydrogen) atoms. The van der Waals surface area contributed by atoms with E-state index in [4.69, 9.17) is 5.10 Å². The molecule has 0 aliphatic rings. The Labute approximate surface area is 106 Å². The van der Waals surface area contributed by atoms with Crippen molar-refractivity contribution in [2.45, 2.75) is 19.9 Å². The van der Waals surface area contributed by atoms with E-state index in [1.165, 1.54) is 16.5 Å². The molecule has 3 aromatic rings. The lowest BCUT2D eigenvalue weighted by atomic mass is 10.2. The van der Waals surface area contributed by atoms with Gasteiger partial charge in [-0.2, -0.15) is 5.10 Å². The van der Waals surface area contributed by atoms with Crippen LogP contribution in [-0.4, -0.2) is 14.8 Å². The molecular formula is C15H15N3. The molecule has 0 fully saturated rings. The summed E-state index contributed by atoms with van der Waals surface area (Å²) in [5, 5.41) is 5.95. The summed E-state index contributed by atoms with van der Waals surface area (Å²) in [6.07, 6.45) is 4.64. The Balaban J connectivity index is 2.07. The standard InChI is InChI=1S/C15H15N3/c1-2-14-13-7-3-4-8-15(13)18(17-14)11-12-6-5-9-16-10-12/h3-10H,2,11H2,1H3. The van der Waals surface area contributed by atoms with E-state index in [2.05, 4.69) is 46.9 Å². The third kappa shape index (κ3) is 1.88. The van der Waals surface area contributed by atoms with Gasteiger partial charge in [-0.1, -0.05) is 31.2 Å². The first-order valence-electron chi connectivity index (χ1n) is 6.22. The van der Waals surface area contributed by atoms with Crippen molar-refractivity contribution in [3.05, 3.63) is 60.0 Å². The lowest BCUT2D eigenvalue weighted by Gasteiger charge is -2.02. The zero-order chi connectivity index (χ0) is 12.4. The van der Waals surface area contributed by atoms with Crippen molar-refractivity contribution >= 4 is 10.9 Å². The minimum absolute atomic E-state index is 0.772. The van der Waals surface area contributed by atoms with Crippen LogP contribution in [0.5, 0.6) is 0 Å². The second-order valence-electron chi connectivity index (χ2n) is 4.34. The maximum Gasteiger partial charge on any atom is 0.0700 e. The number of hydrogen-bond donors (Lipinski definition) is 0. The minimum Gasteiger partial charge on any atom is -0.264 e. The molecule has 3 nitrogen and oxygen atoms in total. The van der Waals surface area contributed by atoms with Crippen molar-refractivity contribution < 1.29 is 0 Å². The topological polar surface area (TPSA) is 30.7 Å². The maximum atomic E-state index is 4.69. The van der Waals surface area contributed by atoms with Crippen LogP contribution in [0, 0.1) is 0 Å². The number of rotatable bonds is 3. The highest BCUT2D eigenvalue weighted by Crippen LogP contribution is 2.19. The van der Waals surface area contributed by atoms with Crippen LogP contribution < -0.4 is 0 Å². The van der Waals surface area contributed by atoms with Gasteiger partial charge in [0.05, 0.1) is 17.8 Å². The predicted octanol–water partition coefficient (Wildman–Crippen LogP) is 3.04. The molecule has 0 unspecified atom stereocenters. The summed E-state index contributed by atoms with van der Waals surface area (Å²) in [5.41, 5.74) is 3.53. The first kappa shape index (κ1) is 11.0. The van der Waals surface area contributed by atoms with Gasteiger partial charge in [0.1, 0.15) is 0 Å². The molecule has 2 heterocycles. The summed E-state index contributed by atoms with van der Waals surface area (Å²) in [6.45, 7) is 2.91. The summed E-state index contributed by atoms with van der Waals surface area (Å²) in [6, 6.07) is 12.4. The molecule has 0 N–H and O–H groups in total. The third-order valence-corrected chi connectivity index (χ3v) is 3.12. The molecule has 0 aliphatic heterocycles. The van der Waals surface area contributed by atoms with Crippen molar-refractivity contribution in [1.82, 2.24) is 14.8 Å². The largest absolute Gasteiger partial charge is 0.264 e. The quantitative estimate of drug-likeness (QED) is 0.701. The average Bonchev–Trinajstić information content (AvgIpc) is 2.78. The lowest BCUT2D eigenvalue weighted by Crippen LogP contribution is -2.02. The number of para-hydroxylation sites is 1. The molecule has 0 atom stereocenters. The molecule has 0 amide bonds. The number of aryl methyl sites for hydroxylation is 1. The normalized spacial score (nSPS) is 10.9. The van der Waals surface area contributed by atoms with Gasteiger partial charge in [-0.3, -0.25) is 9.67 Å². The Morgan fingerprint density at radius 3 is 2.78 bits per heavy atom. The van der Waals surface area contributed by atoms with Crippen LogP contribution >= 0.6 is 0 Å². The Morgan fingerprint density at radius 1 is 1.11 bits per heavy atom. The van der Waals surface area contributed by atoms with Crippen LogP contribution in [0.4, 0.5) is 0 Å². The van der Waals surface area contributed by atoms with E-state index < -0.39 is 0 Å². The van der Waals surface area contributed by atoms with E-state index in [9.17, 15) is 0 Å². The highest BCUT2D eigenvalue weighted by atomic mass is 15.3. The van der Waals surface area contributed by atoms with Crippen molar-refractivity contribution in [1.29, 1.82) is 0 Å². The van der Waals surface area contributed by atoms with Gasteiger partial charge < -0.3 is 0 Å². The molecule has 90 valence electrons. The summed E-state index contributed by atoms with van der Waals surface area (Å²) in [7, 11) is 0. The fourth-order valence-electron chi connectivity index (χ4n) is 2.24. The fraction of sp³-hybridized carbons (Fsp3) is 0.200. The fourth-order valence-corrected chi connectivity index (χ4v) is 2.24. The van der Waals surface area contributed by atoms with Gasteiger partial charge in [0.2, 0.25) is 0 Å². The third-order valence-electron chi connectivity index (χ3n) is 3.12. The highest BCUT2D eigenvalue weighted by Gasteiger charge is 2.08. The van der Waals surface area contributed by atoms with Crippen LogP contribution in [-0.2, 0) is 13.0 Å². The first-order valence-corrected chi connectivity index (χ1v) is 6.22.